The number of thioether (sulfide) groups is 1. The molecule has 13 heavy (non-hydrogen) atoms. The van der Waals surface area contributed by atoms with E-state index in [1.165, 1.54) is 0 Å². The number of nitrogens with one attached hydrogen (secondary N) is 1. The molecule has 0 aliphatic heterocycles. The van der Waals surface area contributed by atoms with Gasteiger partial charge in [-0.1, -0.05) is 25.6 Å². The van der Waals surface area contributed by atoms with Crippen LogP contribution in [-0.4, -0.2) is 32.0 Å². The largest absolute Gasteiger partial charge is 0.481 e. The second-order valence-electron chi connectivity index (χ2n) is 2.84. The molecule has 0 aromatic carbocycles. The van der Waals surface area contributed by atoms with Crippen LogP contribution in [0, 0.1) is 0 Å². The van der Waals surface area contributed by atoms with Gasteiger partial charge in [-0.3, -0.25) is 9.89 Å². The molecule has 0 radical (unpaired) electrons. The fourth-order valence-electron chi connectivity index (χ4n) is 0.707. The third kappa shape index (κ3) is 3.06. The van der Waals surface area contributed by atoms with Gasteiger partial charge in [0.1, 0.15) is 5.82 Å². The van der Waals surface area contributed by atoms with Crippen molar-refractivity contribution in [3.8, 4) is 0 Å². The second kappa shape index (κ2) is 4.27. The van der Waals surface area contributed by atoms with Gasteiger partial charge in [0.2, 0.25) is 5.16 Å². The molecule has 0 amide bonds. The minimum Gasteiger partial charge on any atom is -0.481 e. The van der Waals surface area contributed by atoms with Crippen LogP contribution in [0.5, 0.6) is 0 Å². The van der Waals surface area contributed by atoms with Crippen molar-refractivity contribution in [2.24, 2.45) is 0 Å². The predicted molar refractivity (Wildman–Crippen MR) is 48.8 cm³/mol. The van der Waals surface area contributed by atoms with Gasteiger partial charge < -0.3 is 5.11 Å². The Morgan fingerprint density at radius 2 is 2.38 bits per heavy atom. The zero-order chi connectivity index (χ0) is 9.84. The summed E-state index contributed by atoms with van der Waals surface area (Å²) in [4.78, 5) is 14.3. The highest BCUT2D eigenvalue weighted by Crippen LogP contribution is 2.15. The number of carboxylic acids is 1. The molecule has 2 N–H and O–H groups in total. The molecule has 72 valence electrons. The van der Waals surface area contributed by atoms with E-state index in [-0.39, 0.29) is 11.7 Å². The third-order valence-electron chi connectivity index (χ3n) is 1.35. The van der Waals surface area contributed by atoms with E-state index in [9.17, 15) is 4.79 Å². The molecule has 1 rings (SSSR count). The first-order valence-corrected chi connectivity index (χ1v) is 4.85. The summed E-state index contributed by atoms with van der Waals surface area (Å²) in [6.07, 6.45) is 0. The van der Waals surface area contributed by atoms with Crippen molar-refractivity contribution in [3.05, 3.63) is 5.82 Å². The highest BCUT2D eigenvalue weighted by Gasteiger charge is 2.08. The van der Waals surface area contributed by atoms with E-state index in [4.69, 9.17) is 5.11 Å². The number of nitrogens with zero attached hydrogens (tertiary/aromatic N) is 2. The number of aromatic nitrogens is 3. The maximum absolute atomic E-state index is 10.2. The number of hydrogen-bond donors (Lipinski definition) is 2. The van der Waals surface area contributed by atoms with Crippen LogP contribution in [0.1, 0.15) is 25.6 Å². The Morgan fingerprint density at radius 3 is 2.85 bits per heavy atom. The van der Waals surface area contributed by atoms with Gasteiger partial charge in [-0.05, 0) is 0 Å². The quantitative estimate of drug-likeness (QED) is 0.713. The lowest BCUT2D eigenvalue weighted by Crippen LogP contribution is -1.97. The molecule has 0 saturated carbocycles. The van der Waals surface area contributed by atoms with Crippen molar-refractivity contribution in [1.82, 2.24) is 15.2 Å². The van der Waals surface area contributed by atoms with Gasteiger partial charge in [0.15, 0.2) is 0 Å². The van der Waals surface area contributed by atoms with Crippen molar-refractivity contribution in [3.63, 3.8) is 0 Å². The summed E-state index contributed by atoms with van der Waals surface area (Å²) >= 11 is 1.11. The molecule has 0 aliphatic carbocycles. The van der Waals surface area contributed by atoms with Crippen LogP contribution in [0.15, 0.2) is 5.16 Å². The third-order valence-corrected chi connectivity index (χ3v) is 2.19. The Morgan fingerprint density at radius 1 is 1.69 bits per heavy atom. The van der Waals surface area contributed by atoms with Gasteiger partial charge in [0.25, 0.3) is 0 Å². The Bertz CT molecular complexity index is 298. The smallest absolute Gasteiger partial charge is 0.313 e. The Hall–Kier alpha value is -1.04. The van der Waals surface area contributed by atoms with Crippen LogP contribution >= 0.6 is 11.8 Å². The highest BCUT2D eigenvalue weighted by atomic mass is 32.2. The van der Waals surface area contributed by atoms with Crippen molar-refractivity contribution >= 4 is 17.7 Å². The summed E-state index contributed by atoms with van der Waals surface area (Å²) in [5, 5.41) is 15.5. The molecule has 5 nitrogen and oxygen atoms in total. The first kappa shape index (κ1) is 10.0. The van der Waals surface area contributed by atoms with Crippen molar-refractivity contribution in [2.45, 2.75) is 24.9 Å². The van der Waals surface area contributed by atoms with Crippen LogP contribution in [0.3, 0.4) is 0 Å². The fraction of sp³-hybridized carbons (Fsp3) is 0.571. The molecular formula is C7H11N3O2S. The lowest BCUT2D eigenvalue weighted by molar-refractivity contribution is -0.133. The van der Waals surface area contributed by atoms with Crippen molar-refractivity contribution in [2.75, 3.05) is 5.75 Å². The monoisotopic (exact) mass is 201 g/mol. The van der Waals surface area contributed by atoms with Gasteiger partial charge in [-0.15, -0.1) is 5.10 Å². The summed E-state index contributed by atoms with van der Waals surface area (Å²) in [5.41, 5.74) is 0. The maximum atomic E-state index is 10.2. The number of carboxylic acid groups (broad SMARTS) is 1. The Kier molecular flexibility index (Phi) is 3.30. The minimum absolute atomic E-state index is 0.00457. The van der Waals surface area contributed by atoms with E-state index in [0.717, 1.165) is 17.6 Å². The van der Waals surface area contributed by atoms with E-state index in [2.05, 4.69) is 15.2 Å². The minimum atomic E-state index is -0.860. The van der Waals surface area contributed by atoms with Crippen molar-refractivity contribution in [1.29, 1.82) is 0 Å². The van der Waals surface area contributed by atoms with E-state index in [0.29, 0.717) is 5.16 Å². The van der Waals surface area contributed by atoms with E-state index in [1.807, 2.05) is 13.8 Å². The molecule has 1 aromatic heterocycles. The second-order valence-corrected chi connectivity index (χ2v) is 3.78. The molecule has 6 heteroatoms. The predicted octanol–water partition coefficient (Wildman–Crippen LogP) is 1.10. The van der Waals surface area contributed by atoms with Crippen LogP contribution < -0.4 is 0 Å². The zero-order valence-corrected chi connectivity index (χ0v) is 8.26. The molecule has 0 spiro atoms. The summed E-state index contributed by atoms with van der Waals surface area (Å²) in [6, 6.07) is 0. The lowest BCUT2D eigenvalue weighted by atomic mass is 10.2. The van der Waals surface area contributed by atoms with E-state index < -0.39 is 5.97 Å². The maximum Gasteiger partial charge on any atom is 0.313 e. The fourth-order valence-corrected chi connectivity index (χ4v) is 1.23. The SMILES string of the molecule is CC(C)c1nc(SCC(=O)O)n[nH]1. The normalized spacial score (nSPS) is 10.7. The summed E-state index contributed by atoms with van der Waals surface area (Å²) in [5.74, 6) is 0.204. The van der Waals surface area contributed by atoms with Crippen molar-refractivity contribution < 1.29 is 9.90 Å². The molecule has 1 heterocycles. The molecule has 0 fully saturated rings. The molecule has 0 bridgehead atoms. The van der Waals surface area contributed by atoms with Crippen LogP contribution in [-0.2, 0) is 4.79 Å². The average Bonchev–Trinajstić information content (AvgIpc) is 2.48. The van der Waals surface area contributed by atoms with Gasteiger partial charge in [0.05, 0.1) is 5.75 Å². The number of carbonyl (C=O) groups is 1. The Labute approximate surface area is 80.0 Å². The summed E-state index contributed by atoms with van der Waals surface area (Å²) < 4.78 is 0. The molecule has 0 unspecified atom stereocenters. The lowest BCUT2D eigenvalue weighted by Gasteiger charge is -1.94. The molecule has 1 aromatic rings. The zero-order valence-electron chi connectivity index (χ0n) is 7.44. The summed E-state index contributed by atoms with van der Waals surface area (Å²) in [7, 11) is 0. The van der Waals surface area contributed by atoms with E-state index in [1.54, 1.807) is 0 Å². The first-order chi connectivity index (χ1) is 6.09. The average molecular weight is 201 g/mol. The number of aromatic amines is 1. The molecule has 0 saturated heterocycles. The molecule has 0 aliphatic rings. The number of rotatable bonds is 4. The standard InChI is InChI=1S/C7H11N3O2S/c1-4(2)6-8-7(10-9-6)13-3-5(11)12/h4H,3H2,1-2H3,(H,11,12)(H,8,9,10). The Balaban J connectivity index is 2.54. The molecular weight excluding hydrogens is 190 g/mol. The summed E-state index contributed by atoms with van der Waals surface area (Å²) in [6.45, 7) is 3.98. The molecule has 0 atom stereocenters. The highest BCUT2D eigenvalue weighted by molar-refractivity contribution is 7.99. The van der Waals surface area contributed by atoms with Crippen LogP contribution in [0.25, 0.3) is 0 Å². The van der Waals surface area contributed by atoms with E-state index >= 15 is 0 Å². The number of H-pyrrole nitrogens is 1. The van der Waals surface area contributed by atoms with Crippen LogP contribution in [0.4, 0.5) is 0 Å². The number of aliphatic carboxylic acids is 1. The topological polar surface area (TPSA) is 78.9 Å². The first-order valence-electron chi connectivity index (χ1n) is 3.86. The number of hydrogen-bond acceptors (Lipinski definition) is 4. The van der Waals surface area contributed by atoms with Gasteiger partial charge >= 0.3 is 5.97 Å². The van der Waals surface area contributed by atoms with Gasteiger partial charge in [-0.25, -0.2) is 4.98 Å². The van der Waals surface area contributed by atoms with Crippen LogP contribution in [0.2, 0.25) is 0 Å². The van der Waals surface area contributed by atoms with Gasteiger partial charge in [-0.2, -0.15) is 0 Å². The van der Waals surface area contributed by atoms with Gasteiger partial charge in [0, 0.05) is 5.92 Å².